The van der Waals surface area contributed by atoms with E-state index in [2.05, 4.69) is 15.3 Å². The normalized spacial score (nSPS) is 10.2. The van der Waals surface area contributed by atoms with E-state index < -0.39 is 5.97 Å². The maximum absolute atomic E-state index is 12.0. The molecule has 0 bridgehead atoms. The minimum absolute atomic E-state index is 0.163. The number of carbonyl (C=O) groups is 2. The summed E-state index contributed by atoms with van der Waals surface area (Å²) in [6.45, 7) is 1.83. The number of hydrogen-bond acceptors (Lipinski definition) is 5. The molecule has 0 unspecified atom stereocenters. The van der Waals surface area contributed by atoms with Gasteiger partial charge in [-0.15, -0.1) is 0 Å². The number of rotatable bonds is 4. The summed E-state index contributed by atoms with van der Waals surface area (Å²) in [7, 11) is 0. The second-order valence-corrected chi connectivity index (χ2v) is 3.72. The van der Waals surface area contributed by atoms with E-state index in [1.54, 1.807) is 31.3 Å². The van der Waals surface area contributed by atoms with Crippen LogP contribution in [0.5, 0.6) is 0 Å². The number of fused-ring (bicyclic) bond motifs is 1. The van der Waals surface area contributed by atoms with Gasteiger partial charge in [0.1, 0.15) is 12.1 Å². The van der Waals surface area contributed by atoms with E-state index in [-0.39, 0.29) is 19.1 Å². The topological polar surface area (TPSA) is 81.2 Å². The summed E-state index contributed by atoms with van der Waals surface area (Å²) < 4.78 is 4.73. The molecule has 0 aliphatic heterocycles. The minimum Gasteiger partial charge on any atom is -0.465 e. The van der Waals surface area contributed by atoms with Crippen LogP contribution in [0.15, 0.2) is 30.6 Å². The predicted octanol–water partition coefficient (Wildman–Crippen LogP) is 0.923. The van der Waals surface area contributed by atoms with Crippen molar-refractivity contribution in [2.75, 3.05) is 13.2 Å². The Hall–Kier alpha value is -2.50. The van der Waals surface area contributed by atoms with Crippen molar-refractivity contribution in [3.63, 3.8) is 0 Å². The molecule has 0 saturated carbocycles. The first-order valence-electron chi connectivity index (χ1n) is 5.86. The summed E-state index contributed by atoms with van der Waals surface area (Å²) in [6.07, 6.45) is 3.08. The first kappa shape index (κ1) is 12.9. The first-order valence-corrected chi connectivity index (χ1v) is 5.86. The van der Waals surface area contributed by atoms with E-state index in [0.29, 0.717) is 16.6 Å². The van der Waals surface area contributed by atoms with Crippen molar-refractivity contribution in [3.05, 3.63) is 36.2 Å². The lowest BCUT2D eigenvalue weighted by molar-refractivity contribution is -0.141. The van der Waals surface area contributed by atoms with E-state index in [1.165, 1.54) is 6.20 Å². The number of carbonyl (C=O) groups excluding carboxylic acids is 2. The number of esters is 1. The first-order chi connectivity index (χ1) is 9.22. The SMILES string of the molecule is CCOC(=O)CNC(=O)c1cccc2nccnc12. The quantitative estimate of drug-likeness (QED) is 0.826. The lowest BCUT2D eigenvalue weighted by Gasteiger charge is -2.06. The van der Waals surface area contributed by atoms with Crippen LogP contribution in [0.3, 0.4) is 0 Å². The van der Waals surface area contributed by atoms with Gasteiger partial charge in [0, 0.05) is 12.4 Å². The van der Waals surface area contributed by atoms with Gasteiger partial charge in [0.2, 0.25) is 0 Å². The molecule has 1 N–H and O–H groups in total. The van der Waals surface area contributed by atoms with Gasteiger partial charge in [-0.1, -0.05) is 6.07 Å². The molecule has 0 atom stereocenters. The van der Waals surface area contributed by atoms with Crippen LogP contribution in [-0.2, 0) is 9.53 Å². The molecule has 19 heavy (non-hydrogen) atoms. The highest BCUT2D eigenvalue weighted by atomic mass is 16.5. The van der Waals surface area contributed by atoms with Crippen LogP contribution < -0.4 is 5.32 Å². The summed E-state index contributed by atoms with van der Waals surface area (Å²) >= 11 is 0. The third-order valence-electron chi connectivity index (χ3n) is 2.44. The van der Waals surface area contributed by atoms with Gasteiger partial charge in [0.15, 0.2) is 0 Å². The highest BCUT2D eigenvalue weighted by Crippen LogP contribution is 2.13. The molecular formula is C13H13N3O3. The third kappa shape index (κ3) is 3.04. The standard InChI is InChI=1S/C13H13N3O3/c1-2-19-11(17)8-16-13(18)9-4-3-5-10-12(9)15-7-6-14-10/h3-7H,2,8H2,1H3,(H,16,18). The molecule has 2 rings (SSSR count). The number of nitrogens with zero attached hydrogens (tertiary/aromatic N) is 2. The molecule has 6 nitrogen and oxygen atoms in total. The van der Waals surface area contributed by atoms with Gasteiger partial charge < -0.3 is 10.1 Å². The summed E-state index contributed by atoms with van der Waals surface area (Å²) in [6, 6.07) is 5.12. The number of aromatic nitrogens is 2. The molecule has 0 spiro atoms. The van der Waals surface area contributed by atoms with Crippen LogP contribution in [-0.4, -0.2) is 35.0 Å². The third-order valence-corrected chi connectivity index (χ3v) is 2.44. The fraction of sp³-hybridized carbons (Fsp3) is 0.231. The minimum atomic E-state index is -0.470. The van der Waals surface area contributed by atoms with Gasteiger partial charge in [0.05, 0.1) is 17.7 Å². The lowest BCUT2D eigenvalue weighted by atomic mass is 10.1. The van der Waals surface area contributed by atoms with Gasteiger partial charge in [-0.3, -0.25) is 19.6 Å². The molecule has 1 aromatic carbocycles. The maximum atomic E-state index is 12.0. The van der Waals surface area contributed by atoms with E-state index >= 15 is 0 Å². The van der Waals surface area contributed by atoms with Crippen molar-refractivity contribution < 1.29 is 14.3 Å². The summed E-state index contributed by atoms with van der Waals surface area (Å²) in [5.41, 5.74) is 1.52. The zero-order valence-electron chi connectivity index (χ0n) is 10.4. The Kier molecular flexibility index (Phi) is 4.02. The number of ether oxygens (including phenoxy) is 1. The molecule has 0 aliphatic carbocycles. The average molecular weight is 259 g/mol. The van der Waals surface area contributed by atoms with Crippen LogP contribution in [0.4, 0.5) is 0 Å². The lowest BCUT2D eigenvalue weighted by Crippen LogP contribution is -2.30. The Labute approximate surface area is 109 Å². The van der Waals surface area contributed by atoms with Crippen molar-refractivity contribution in [1.29, 1.82) is 0 Å². The second-order valence-electron chi connectivity index (χ2n) is 3.72. The fourth-order valence-corrected chi connectivity index (χ4v) is 1.64. The number of amides is 1. The molecule has 0 aliphatic rings. The number of para-hydroxylation sites is 1. The molecule has 6 heteroatoms. The zero-order chi connectivity index (χ0) is 13.7. The predicted molar refractivity (Wildman–Crippen MR) is 68.5 cm³/mol. The maximum Gasteiger partial charge on any atom is 0.325 e. The Morgan fingerprint density at radius 3 is 2.84 bits per heavy atom. The molecule has 2 aromatic rings. The molecular weight excluding hydrogens is 246 g/mol. The van der Waals surface area contributed by atoms with Crippen molar-refractivity contribution in [2.24, 2.45) is 0 Å². The highest BCUT2D eigenvalue weighted by molar-refractivity contribution is 6.05. The average Bonchev–Trinajstić information content (AvgIpc) is 2.44. The Bertz CT molecular complexity index is 608. The molecule has 98 valence electrons. The van der Waals surface area contributed by atoms with E-state index in [9.17, 15) is 9.59 Å². The molecule has 0 fully saturated rings. The van der Waals surface area contributed by atoms with Crippen molar-refractivity contribution in [2.45, 2.75) is 6.92 Å². The van der Waals surface area contributed by atoms with Crippen molar-refractivity contribution in [1.82, 2.24) is 15.3 Å². The van der Waals surface area contributed by atoms with Crippen LogP contribution in [0.1, 0.15) is 17.3 Å². The van der Waals surface area contributed by atoms with Crippen LogP contribution >= 0.6 is 0 Å². The van der Waals surface area contributed by atoms with E-state index in [1.807, 2.05) is 0 Å². The van der Waals surface area contributed by atoms with E-state index in [4.69, 9.17) is 4.74 Å². The van der Waals surface area contributed by atoms with Crippen LogP contribution in [0.25, 0.3) is 11.0 Å². The Morgan fingerprint density at radius 2 is 2.05 bits per heavy atom. The van der Waals surface area contributed by atoms with Gasteiger partial charge in [-0.2, -0.15) is 0 Å². The van der Waals surface area contributed by atoms with Crippen molar-refractivity contribution >= 4 is 22.9 Å². The van der Waals surface area contributed by atoms with Gasteiger partial charge in [-0.05, 0) is 19.1 Å². The largest absolute Gasteiger partial charge is 0.465 e. The highest BCUT2D eigenvalue weighted by Gasteiger charge is 2.12. The summed E-state index contributed by atoms with van der Waals surface area (Å²) in [4.78, 5) is 31.4. The molecule has 1 amide bonds. The molecule has 1 aromatic heterocycles. The van der Waals surface area contributed by atoms with Crippen molar-refractivity contribution in [3.8, 4) is 0 Å². The fourth-order valence-electron chi connectivity index (χ4n) is 1.64. The smallest absolute Gasteiger partial charge is 0.325 e. The molecule has 0 radical (unpaired) electrons. The van der Waals surface area contributed by atoms with Gasteiger partial charge in [0.25, 0.3) is 5.91 Å². The van der Waals surface area contributed by atoms with E-state index in [0.717, 1.165) is 0 Å². The monoisotopic (exact) mass is 259 g/mol. The number of hydrogen-bond donors (Lipinski definition) is 1. The van der Waals surface area contributed by atoms with Gasteiger partial charge in [-0.25, -0.2) is 0 Å². The Morgan fingerprint density at radius 1 is 1.26 bits per heavy atom. The van der Waals surface area contributed by atoms with Crippen LogP contribution in [0.2, 0.25) is 0 Å². The number of benzene rings is 1. The molecule has 0 saturated heterocycles. The second kappa shape index (κ2) is 5.90. The summed E-state index contributed by atoms with van der Waals surface area (Å²) in [5.74, 6) is -0.846. The zero-order valence-corrected chi connectivity index (χ0v) is 10.4. The van der Waals surface area contributed by atoms with Gasteiger partial charge >= 0.3 is 5.97 Å². The summed E-state index contributed by atoms with van der Waals surface area (Å²) in [5, 5.41) is 2.49. The van der Waals surface area contributed by atoms with Crippen LogP contribution in [0, 0.1) is 0 Å². The molecule has 1 heterocycles. The number of nitrogens with one attached hydrogen (secondary N) is 1. The Balaban J connectivity index is 2.15.